The molecular formula is C22H44O8S. The van der Waals surface area contributed by atoms with Crippen LogP contribution in [0.4, 0.5) is 0 Å². The van der Waals surface area contributed by atoms with E-state index < -0.39 is 10.1 Å². The van der Waals surface area contributed by atoms with E-state index >= 15 is 0 Å². The van der Waals surface area contributed by atoms with Gasteiger partial charge in [0.1, 0.15) is 0 Å². The van der Waals surface area contributed by atoms with Gasteiger partial charge < -0.3 is 18.9 Å². The lowest BCUT2D eigenvalue weighted by Gasteiger charge is -2.14. The van der Waals surface area contributed by atoms with Crippen LogP contribution in [0, 0.1) is 5.92 Å². The molecule has 0 amide bonds. The topological polar surface area (TPSA) is 108 Å². The predicted molar refractivity (Wildman–Crippen MR) is 123 cm³/mol. The van der Waals surface area contributed by atoms with Crippen LogP contribution in [0.15, 0.2) is 12.7 Å². The summed E-state index contributed by atoms with van der Waals surface area (Å²) in [5.41, 5.74) is 0. The predicted octanol–water partition coefficient (Wildman–Crippen LogP) is 4.05. The van der Waals surface area contributed by atoms with Gasteiger partial charge in [0.05, 0.1) is 38.8 Å². The molecule has 0 saturated carbocycles. The minimum atomic E-state index is -3.84. The highest BCUT2D eigenvalue weighted by molar-refractivity contribution is 7.85. The summed E-state index contributed by atoms with van der Waals surface area (Å²) < 4.78 is 50.5. The van der Waals surface area contributed by atoms with Crippen molar-refractivity contribution in [3.63, 3.8) is 0 Å². The normalized spacial score (nSPS) is 12.0. The monoisotopic (exact) mass is 468 g/mol. The van der Waals surface area contributed by atoms with E-state index in [1.165, 1.54) is 19.3 Å². The van der Waals surface area contributed by atoms with Gasteiger partial charge in [0.2, 0.25) is 0 Å². The Balaban J connectivity index is 0. The van der Waals surface area contributed by atoms with Crippen LogP contribution in [-0.4, -0.2) is 70.9 Å². The molecule has 0 aliphatic rings. The first-order valence-corrected chi connectivity index (χ1v) is 12.9. The second kappa shape index (κ2) is 23.7. The summed E-state index contributed by atoms with van der Waals surface area (Å²) in [7, 11) is -3.84. The Labute approximate surface area is 189 Å². The van der Waals surface area contributed by atoms with Gasteiger partial charge in [0, 0.05) is 19.3 Å². The van der Waals surface area contributed by atoms with Gasteiger partial charge >= 0.3 is 5.97 Å². The average molecular weight is 469 g/mol. The Kier molecular flexibility index (Phi) is 24.6. The molecule has 0 fully saturated rings. The maximum atomic E-state index is 10.5. The summed E-state index contributed by atoms with van der Waals surface area (Å²) in [6.07, 6.45) is 7.93. The molecule has 1 N–H and O–H groups in total. The molecule has 0 aliphatic heterocycles. The van der Waals surface area contributed by atoms with Crippen molar-refractivity contribution in [1.29, 1.82) is 0 Å². The molecule has 0 saturated heterocycles. The molecule has 1 unspecified atom stereocenters. The molecule has 0 aromatic rings. The largest absolute Gasteiger partial charge is 0.463 e. The van der Waals surface area contributed by atoms with Crippen LogP contribution in [0.1, 0.15) is 65.7 Å². The number of esters is 1. The zero-order valence-electron chi connectivity index (χ0n) is 19.7. The van der Waals surface area contributed by atoms with Gasteiger partial charge in [-0.2, -0.15) is 8.42 Å². The van der Waals surface area contributed by atoms with Gasteiger partial charge in [-0.1, -0.05) is 46.6 Å². The first-order valence-electron chi connectivity index (χ1n) is 11.3. The minimum Gasteiger partial charge on any atom is -0.463 e. The number of ether oxygens (including phenoxy) is 4. The van der Waals surface area contributed by atoms with Crippen LogP contribution in [0.5, 0.6) is 0 Å². The van der Waals surface area contributed by atoms with Crippen molar-refractivity contribution >= 4 is 16.1 Å². The SMILES string of the molecule is C=CC(=O)OCCC.CCCCC(CC)COCCOCCOCCCCS(=O)(=O)O. The molecule has 8 nitrogen and oxygen atoms in total. The van der Waals surface area contributed by atoms with Crippen molar-refractivity contribution in [2.75, 3.05) is 52.0 Å². The van der Waals surface area contributed by atoms with E-state index in [1.54, 1.807) is 0 Å². The van der Waals surface area contributed by atoms with Crippen LogP contribution in [0.25, 0.3) is 0 Å². The van der Waals surface area contributed by atoms with Gasteiger partial charge in [-0.05, 0) is 31.6 Å². The Hall–Kier alpha value is -1.00. The number of rotatable bonds is 20. The molecule has 0 rings (SSSR count). The van der Waals surface area contributed by atoms with E-state index in [0.29, 0.717) is 58.4 Å². The van der Waals surface area contributed by atoms with Crippen LogP contribution in [-0.2, 0) is 33.9 Å². The van der Waals surface area contributed by atoms with Crippen molar-refractivity contribution in [3.05, 3.63) is 12.7 Å². The van der Waals surface area contributed by atoms with E-state index in [1.807, 2.05) is 6.92 Å². The highest BCUT2D eigenvalue weighted by Crippen LogP contribution is 2.12. The molecule has 186 valence electrons. The second-order valence-electron chi connectivity index (χ2n) is 7.08. The van der Waals surface area contributed by atoms with Crippen LogP contribution < -0.4 is 0 Å². The standard InChI is InChI=1S/C16H34O6S.C6H10O2/c1-3-5-8-16(4-2)15-22-13-12-21-11-10-20-9-6-7-14-23(17,18)19;1-3-5-8-6(7)4-2/h16H,3-15H2,1-2H3,(H,17,18,19);4H,2-3,5H2,1H3. The summed E-state index contributed by atoms with van der Waals surface area (Å²) >= 11 is 0. The molecule has 1 atom stereocenters. The lowest BCUT2D eigenvalue weighted by Crippen LogP contribution is -2.14. The Bertz CT molecular complexity index is 508. The fourth-order valence-electron chi connectivity index (χ4n) is 2.34. The molecule has 0 heterocycles. The van der Waals surface area contributed by atoms with E-state index in [4.69, 9.17) is 18.8 Å². The fraction of sp³-hybridized carbons (Fsp3) is 0.864. The first kappa shape index (κ1) is 32.2. The van der Waals surface area contributed by atoms with E-state index in [2.05, 4.69) is 25.2 Å². The molecule has 0 spiro atoms. The van der Waals surface area contributed by atoms with Crippen molar-refractivity contribution in [2.24, 2.45) is 5.92 Å². The van der Waals surface area contributed by atoms with Crippen molar-refractivity contribution < 1.29 is 36.7 Å². The van der Waals surface area contributed by atoms with Crippen molar-refractivity contribution in [1.82, 2.24) is 0 Å². The number of unbranched alkanes of at least 4 members (excludes halogenated alkanes) is 2. The van der Waals surface area contributed by atoms with Gasteiger partial charge in [-0.15, -0.1) is 0 Å². The molecule has 0 aromatic carbocycles. The van der Waals surface area contributed by atoms with Crippen LogP contribution in [0.2, 0.25) is 0 Å². The molecule has 9 heteroatoms. The molecule has 0 aromatic heterocycles. The van der Waals surface area contributed by atoms with Crippen molar-refractivity contribution in [2.45, 2.75) is 65.7 Å². The van der Waals surface area contributed by atoms with Gasteiger partial charge in [0.15, 0.2) is 0 Å². The second-order valence-corrected chi connectivity index (χ2v) is 8.65. The van der Waals surface area contributed by atoms with Gasteiger partial charge in [0.25, 0.3) is 10.1 Å². The van der Waals surface area contributed by atoms with Crippen LogP contribution >= 0.6 is 0 Å². The maximum absolute atomic E-state index is 10.5. The fourth-order valence-corrected chi connectivity index (χ4v) is 2.91. The smallest absolute Gasteiger partial charge is 0.330 e. The average Bonchev–Trinajstić information content (AvgIpc) is 2.74. The zero-order valence-corrected chi connectivity index (χ0v) is 20.5. The minimum absolute atomic E-state index is 0.207. The number of carbonyl (C=O) groups excluding carboxylic acids is 1. The summed E-state index contributed by atoms with van der Waals surface area (Å²) in [6.45, 7) is 13.5. The maximum Gasteiger partial charge on any atom is 0.330 e. The summed E-state index contributed by atoms with van der Waals surface area (Å²) in [6, 6.07) is 0. The molecule has 0 bridgehead atoms. The summed E-state index contributed by atoms with van der Waals surface area (Å²) in [5.74, 6) is 0.106. The molecule has 0 aliphatic carbocycles. The van der Waals surface area contributed by atoms with Crippen LogP contribution in [0.3, 0.4) is 0 Å². The van der Waals surface area contributed by atoms with Crippen molar-refractivity contribution in [3.8, 4) is 0 Å². The highest BCUT2D eigenvalue weighted by Gasteiger charge is 2.05. The zero-order chi connectivity index (χ0) is 23.8. The molecular weight excluding hydrogens is 424 g/mol. The number of hydrogen-bond acceptors (Lipinski definition) is 7. The Morgan fingerprint density at radius 2 is 1.52 bits per heavy atom. The van der Waals surface area contributed by atoms with E-state index in [0.717, 1.165) is 25.5 Å². The lowest BCUT2D eigenvalue weighted by atomic mass is 10.0. The lowest BCUT2D eigenvalue weighted by molar-refractivity contribution is -0.137. The van der Waals surface area contributed by atoms with E-state index in [9.17, 15) is 13.2 Å². The number of hydrogen-bond donors (Lipinski definition) is 1. The van der Waals surface area contributed by atoms with E-state index in [-0.39, 0.29) is 11.7 Å². The first-order chi connectivity index (χ1) is 14.8. The Morgan fingerprint density at radius 1 is 0.903 bits per heavy atom. The molecule has 31 heavy (non-hydrogen) atoms. The summed E-state index contributed by atoms with van der Waals surface area (Å²) in [5, 5.41) is 0. The third kappa shape index (κ3) is 29.0. The Morgan fingerprint density at radius 3 is 2.03 bits per heavy atom. The highest BCUT2D eigenvalue weighted by atomic mass is 32.2. The third-order valence-corrected chi connectivity index (χ3v) is 5.00. The number of carbonyl (C=O) groups is 1. The van der Waals surface area contributed by atoms with Gasteiger partial charge in [-0.3, -0.25) is 4.55 Å². The molecule has 0 radical (unpaired) electrons. The third-order valence-electron chi connectivity index (χ3n) is 4.20. The van der Waals surface area contributed by atoms with Gasteiger partial charge in [-0.25, -0.2) is 4.79 Å². The quantitative estimate of drug-likeness (QED) is 0.123. The summed E-state index contributed by atoms with van der Waals surface area (Å²) in [4.78, 5) is 10.2.